The summed E-state index contributed by atoms with van der Waals surface area (Å²) in [6.07, 6.45) is -0.458. The number of hydrogen-bond donors (Lipinski definition) is 1. The van der Waals surface area contributed by atoms with Crippen LogP contribution < -0.4 is 10.5 Å². The van der Waals surface area contributed by atoms with Gasteiger partial charge in [0.2, 0.25) is 5.91 Å². The van der Waals surface area contributed by atoms with Crippen molar-refractivity contribution in [1.82, 2.24) is 14.8 Å². The van der Waals surface area contributed by atoms with Crippen LogP contribution in [0.15, 0.2) is 24.3 Å². The number of nitrogens with zero attached hydrogens (tertiary/aromatic N) is 3. The zero-order chi connectivity index (χ0) is 26.4. The number of hydrogen-bond acceptors (Lipinski definition) is 8. The summed E-state index contributed by atoms with van der Waals surface area (Å²) in [4.78, 5) is 58.6. The number of pyridine rings is 1. The van der Waals surface area contributed by atoms with E-state index in [4.69, 9.17) is 19.9 Å². The normalized spacial score (nSPS) is 16.4. The highest BCUT2D eigenvalue weighted by atomic mass is 16.6. The maximum absolute atomic E-state index is 13.9. The van der Waals surface area contributed by atoms with E-state index in [1.54, 1.807) is 41.0 Å². The fourth-order valence-electron chi connectivity index (χ4n) is 4.51. The third-order valence-electron chi connectivity index (χ3n) is 6.25. The topological polar surface area (TPSA) is 141 Å². The number of rotatable bonds is 8. The first kappa shape index (κ1) is 26.7. The Balaban J connectivity index is 2.05. The molecule has 1 aliphatic rings. The molecule has 0 bridgehead atoms. The van der Waals surface area contributed by atoms with Gasteiger partial charge in [-0.1, -0.05) is 12.1 Å². The first-order chi connectivity index (χ1) is 17.2. The van der Waals surface area contributed by atoms with Crippen LogP contribution in [0.4, 0.5) is 4.79 Å². The standard InChI is InChI=1S/C25H32N4O7/c1-5-36-25(33)28-12-13-29(15(2)14-28)24(32)17(10-11-19(30)34-3)21-20(23(26)31)22(35-4)16-8-6-7-9-18(16)27-21/h6-9,15,17H,5,10-14H2,1-4H3,(H2,26,31). The Morgan fingerprint density at radius 3 is 2.50 bits per heavy atom. The molecule has 194 valence electrons. The predicted octanol–water partition coefficient (Wildman–Crippen LogP) is 2.07. The zero-order valence-corrected chi connectivity index (χ0v) is 21.0. The Kier molecular flexibility index (Phi) is 8.68. The summed E-state index contributed by atoms with van der Waals surface area (Å²) >= 11 is 0. The van der Waals surface area contributed by atoms with Gasteiger partial charge >= 0.3 is 12.1 Å². The molecule has 1 saturated heterocycles. The quantitative estimate of drug-likeness (QED) is 0.543. The zero-order valence-electron chi connectivity index (χ0n) is 21.0. The number of carbonyl (C=O) groups excluding carboxylic acids is 4. The molecular weight excluding hydrogens is 468 g/mol. The molecule has 0 spiro atoms. The van der Waals surface area contributed by atoms with Crippen LogP contribution in [0, 0.1) is 0 Å². The van der Waals surface area contributed by atoms with Gasteiger partial charge < -0.3 is 29.7 Å². The van der Waals surface area contributed by atoms with E-state index in [-0.39, 0.29) is 68.0 Å². The van der Waals surface area contributed by atoms with Gasteiger partial charge in [0.1, 0.15) is 11.3 Å². The number of amides is 3. The highest BCUT2D eigenvalue weighted by Crippen LogP contribution is 2.36. The molecule has 3 amide bonds. The van der Waals surface area contributed by atoms with E-state index in [1.165, 1.54) is 14.2 Å². The fourth-order valence-corrected chi connectivity index (χ4v) is 4.51. The number of carbonyl (C=O) groups is 4. The molecule has 3 rings (SSSR count). The Morgan fingerprint density at radius 2 is 1.89 bits per heavy atom. The van der Waals surface area contributed by atoms with Crippen molar-refractivity contribution >= 4 is 34.8 Å². The largest absolute Gasteiger partial charge is 0.495 e. The highest BCUT2D eigenvalue weighted by Gasteiger charge is 2.37. The molecule has 0 saturated carbocycles. The van der Waals surface area contributed by atoms with Crippen LogP contribution in [-0.4, -0.2) is 85.2 Å². The molecule has 1 aromatic heterocycles. The minimum Gasteiger partial charge on any atom is -0.495 e. The molecule has 11 heteroatoms. The van der Waals surface area contributed by atoms with Crippen molar-refractivity contribution in [2.24, 2.45) is 5.73 Å². The van der Waals surface area contributed by atoms with E-state index < -0.39 is 23.9 Å². The second-order valence-corrected chi connectivity index (χ2v) is 8.48. The summed E-state index contributed by atoms with van der Waals surface area (Å²) in [5, 5.41) is 0.577. The number of para-hydroxylation sites is 1. The SMILES string of the molecule is CCOC(=O)N1CCN(C(=O)C(CCC(=O)OC)c2nc3ccccc3c(OC)c2C(N)=O)C(C)C1. The molecule has 0 aliphatic carbocycles. The van der Waals surface area contributed by atoms with Crippen molar-refractivity contribution in [3.63, 3.8) is 0 Å². The lowest BCUT2D eigenvalue weighted by Gasteiger charge is -2.40. The molecule has 0 radical (unpaired) electrons. The van der Waals surface area contributed by atoms with Gasteiger partial charge in [0.15, 0.2) is 0 Å². The molecule has 2 atom stereocenters. The predicted molar refractivity (Wildman–Crippen MR) is 131 cm³/mol. The van der Waals surface area contributed by atoms with E-state index in [0.29, 0.717) is 10.9 Å². The van der Waals surface area contributed by atoms with Gasteiger partial charge in [-0.3, -0.25) is 19.4 Å². The Bertz CT molecular complexity index is 1150. The number of nitrogens with two attached hydrogens (primary N) is 1. The van der Waals surface area contributed by atoms with Gasteiger partial charge in [0.05, 0.1) is 38.0 Å². The number of aromatic nitrogens is 1. The third kappa shape index (κ3) is 5.50. The average Bonchev–Trinajstić information content (AvgIpc) is 2.87. The van der Waals surface area contributed by atoms with E-state index in [1.807, 2.05) is 6.92 Å². The molecular formula is C25H32N4O7. The molecule has 1 aromatic carbocycles. The molecule has 1 fully saturated rings. The summed E-state index contributed by atoms with van der Waals surface area (Å²) < 4.78 is 15.4. The molecule has 2 heterocycles. The monoisotopic (exact) mass is 500 g/mol. The minimum absolute atomic E-state index is 0.00257. The van der Waals surface area contributed by atoms with E-state index >= 15 is 0 Å². The molecule has 11 nitrogen and oxygen atoms in total. The lowest BCUT2D eigenvalue weighted by atomic mass is 9.91. The Morgan fingerprint density at radius 1 is 1.17 bits per heavy atom. The molecule has 2 unspecified atom stereocenters. The van der Waals surface area contributed by atoms with Crippen molar-refractivity contribution in [2.45, 2.75) is 38.6 Å². The van der Waals surface area contributed by atoms with Gasteiger partial charge in [-0.05, 0) is 32.4 Å². The minimum atomic E-state index is -0.971. The van der Waals surface area contributed by atoms with Crippen LogP contribution in [0.2, 0.25) is 0 Å². The molecule has 2 aromatic rings. The van der Waals surface area contributed by atoms with Crippen LogP contribution >= 0.6 is 0 Å². The van der Waals surface area contributed by atoms with Gasteiger partial charge in [-0.15, -0.1) is 0 Å². The van der Waals surface area contributed by atoms with E-state index in [2.05, 4.69) is 4.98 Å². The summed E-state index contributed by atoms with van der Waals surface area (Å²) in [7, 11) is 2.68. The van der Waals surface area contributed by atoms with Gasteiger partial charge in [0, 0.05) is 37.5 Å². The lowest BCUT2D eigenvalue weighted by molar-refractivity contribution is -0.141. The number of fused-ring (bicyclic) bond motifs is 1. The van der Waals surface area contributed by atoms with Gasteiger partial charge in [-0.2, -0.15) is 0 Å². The van der Waals surface area contributed by atoms with Crippen LogP contribution in [0.3, 0.4) is 0 Å². The number of primary amides is 1. The highest BCUT2D eigenvalue weighted by molar-refractivity contribution is 6.04. The van der Waals surface area contributed by atoms with Gasteiger partial charge in [0.25, 0.3) is 5.91 Å². The number of ether oxygens (including phenoxy) is 3. The van der Waals surface area contributed by atoms with Crippen molar-refractivity contribution in [2.75, 3.05) is 40.5 Å². The van der Waals surface area contributed by atoms with Crippen molar-refractivity contribution in [1.29, 1.82) is 0 Å². The fraction of sp³-hybridized carbons (Fsp3) is 0.480. The van der Waals surface area contributed by atoms with Crippen LogP contribution in [0.1, 0.15) is 48.7 Å². The first-order valence-corrected chi connectivity index (χ1v) is 11.8. The summed E-state index contributed by atoms with van der Waals surface area (Å²) in [6.45, 7) is 4.64. The number of esters is 1. The van der Waals surface area contributed by atoms with E-state index in [0.717, 1.165) is 0 Å². The van der Waals surface area contributed by atoms with Crippen LogP contribution in [-0.2, 0) is 19.1 Å². The van der Waals surface area contributed by atoms with Crippen molar-refractivity contribution < 1.29 is 33.4 Å². The number of benzene rings is 1. The first-order valence-electron chi connectivity index (χ1n) is 11.8. The smallest absolute Gasteiger partial charge is 0.409 e. The van der Waals surface area contributed by atoms with Gasteiger partial charge in [-0.25, -0.2) is 4.79 Å². The maximum atomic E-state index is 13.9. The Hall–Kier alpha value is -3.89. The Labute approximate surface area is 209 Å². The molecule has 2 N–H and O–H groups in total. The number of piperazine rings is 1. The maximum Gasteiger partial charge on any atom is 0.409 e. The molecule has 1 aliphatic heterocycles. The van der Waals surface area contributed by atoms with Crippen LogP contribution in [0.25, 0.3) is 10.9 Å². The van der Waals surface area contributed by atoms with Crippen molar-refractivity contribution in [3.05, 3.63) is 35.5 Å². The summed E-state index contributed by atoms with van der Waals surface area (Å²) in [6, 6.07) is 6.72. The van der Waals surface area contributed by atoms with Crippen LogP contribution in [0.5, 0.6) is 5.75 Å². The average molecular weight is 501 g/mol. The summed E-state index contributed by atoms with van der Waals surface area (Å²) in [5.74, 6) is -2.37. The molecule has 36 heavy (non-hydrogen) atoms. The van der Waals surface area contributed by atoms with E-state index in [9.17, 15) is 19.2 Å². The van der Waals surface area contributed by atoms with Crippen molar-refractivity contribution in [3.8, 4) is 5.75 Å². The summed E-state index contributed by atoms with van der Waals surface area (Å²) in [5.41, 5.74) is 6.42. The second-order valence-electron chi connectivity index (χ2n) is 8.48. The lowest BCUT2D eigenvalue weighted by Crippen LogP contribution is -2.56. The number of methoxy groups -OCH3 is 2. The third-order valence-corrected chi connectivity index (χ3v) is 6.25. The second kappa shape index (κ2) is 11.7.